The van der Waals surface area contributed by atoms with Gasteiger partial charge in [0.25, 0.3) is 5.91 Å². The third-order valence-corrected chi connectivity index (χ3v) is 3.07. The first kappa shape index (κ1) is 12.5. The zero-order valence-electron chi connectivity index (χ0n) is 10.3. The summed E-state index contributed by atoms with van der Waals surface area (Å²) in [5.74, 6) is -0.520. The van der Waals surface area contributed by atoms with E-state index in [1.165, 1.54) is 31.2 Å². The molecule has 0 bridgehead atoms. The van der Waals surface area contributed by atoms with Crippen molar-refractivity contribution in [1.29, 1.82) is 0 Å². The molecule has 0 aromatic carbocycles. The van der Waals surface area contributed by atoms with Crippen LogP contribution in [0.3, 0.4) is 0 Å². The van der Waals surface area contributed by atoms with E-state index in [2.05, 4.69) is 4.98 Å². The van der Waals surface area contributed by atoms with Crippen LogP contribution in [-0.4, -0.2) is 40.0 Å². The first-order chi connectivity index (χ1) is 8.61. The standard InChI is InChI=1S/C13H16N2O3/c1-2-15(8-9-3-4-9)12(16)10-5-6-11(13(17)18)14-7-10/h5-7,9H,2-4,8H2,1H3,(H,17,18). The second-order valence-corrected chi connectivity index (χ2v) is 4.52. The molecule has 5 nitrogen and oxygen atoms in total. The van der Waals surface area contributed by atoms with Crippen LogP contribution < -0.4 is 0 Å². The predicted octanol–water partition coefficient (Wildman–Crippen LogP) is 1.65. The fraction of sp³-hybridized carbons (Fsp3) is 0.462. The fourth-order valence-electron chi connectivity index (χ4n) is 1.80. The van der Waals surface area contributed by atoms with Crippen LogP contribution in [0.1, 0.15) is 40.6 Å². The Morgan fingerprint density at radius 1 is 1.44 bits per heavy atom. The first-order valence-corrected chi connectivity index (χ1v) is 6.10. The van der Waals surface area contributed by atoms with E-state index in [9.17, 15) is 9.59 Å². The SMILES string of the molecule is CCN(CC1CC1)C(=O)c1ccc(C(=O)O)nc1. The van der Waals surface area contributed by atoms with Crippen molar-refractivity contribution in [2.45, 2.75) is 19.8 Å². The van der Waals surface area contributed by atoms with E-state index in [-0.39, 0.29) is 11.6 Å². The van der Waals surface area contributed by atoms with Gasteiger partial charge in [0.05, 0.1) is 5.56 Å². The highest BCUT2D eigenvalue weighted by Gasteiger charge is 2.26. The maximum atomic E-state index is 12.2. The molecule has 1 heterocycles. The predicted molar refractivity (Wildman–Crippen MR) is 65.5 cm³/mol. The monoisotopic (exact) mass is 248 g/mol. The van der Waals surface area contributed by atoms with Gasteiger partial charge in [-0.25, -0.2) is 9.78 Å². The van der Waals surface area contributed by atoms with E-state index >= 15 is 0 Å². The lowest BCUT2D eigenvalue weighted by Crippen LogP contribution is -2.32. The van der Waals surface area contributed by atoms with Crippen LogP contribution >= 0.6 is 0 Å². The average Bonchev–Trinajstić information content (AvgIpc) is 3.19. The van der Waals surface area contributed by atoms with Crippen molar-refractivity contribution in [3.8, 4) is 0 Å². The van der Waals surface area contributed by atoms with Crippen molar-refractivity contribution in [2.75, 3.05) is 13.1 Å². The molecule has 96 valence electrons. The van der Waals surface area contributed by atoms with Gasteiger partial charge in [-0.15, -0.1) is 0 Å². The van der Waals surface area contributed by atoms with Gasteiger partial charge in [-0.3, -0.25) is 4.79 Å². The van der Waals surface area contributed by atoms with Gasteiger partial charge in [-0.1, -0.05) is 0 Å². The molecule has 0 unspecified atom stereocenters. The minimum Gasteiger partial charge on any atom is -0.477 e. The van der Waals surface area contributed by atoms with Gasteiger partial charge in [-0.05, 0) is 37.8 Å². The summed E-state index contributed by atoms with van der Waals surface area (Å²) in [4.78, 5) is 28.4. The molecule has 1 saturated carbocycles. The Balaban J connectivity index is 2.08. The van der Waals surface area contributed by atoms with Crippen LogP contribution in [0.25, 0.3) is 0 Å². The van der Waals surface area contributed by atoms with E-state index in [4.69, 9.17) is 5.11 Å². The summed E-state index contributed by atoms with van der Waals surface area (Å²) in [6, 6.07) is 2.88. The summed E-state index contributed by atoms with van der Waals surface area (Å²) in [5, 5.41) is 8.74. The van der Waals surface area contributed by atoms with Gasteiger partial charge in [0.2, 0.25) is 0 Å². The number of carboxylic acids is 1. The Kier molecular flexibility index (Phi) is 3.60. The molecule has 1 amide bonds. The molecule has 0 atom stereocenters. The van der Waals surface area contributed by atoms with E-state index < -0.39 is 5.97 Å². The smallest absolute Gasteiger partial charge is 0.354 e. The molecule has 1 fully saturated rings. The van der Waals surface area contributed by atoms with Crippen molar-refractivity contribution < 1.29 is 14.7 Å². The number of aromatic carboxylic acids is 1. The minimum atomic E-state index is -1.08. The molecule has 1 aliphatic rings. The number of carbonyl (C=O) groups excluding carboxylic acids is 1. The lowest BCUT2D eigenvalue weighted by molar-refractivity contribution is 0.0687. The molecular formula is C13H16N2O3. The lowest BCUT2D eigenvalue weighted by atomic mass is 10.2. The molecule has 18 heavy (non-hydrogen) atoms. The van der Waals surface area contributed by atoms with Crippen molar-refractivity contribution in [3.05, 3.63) is 29.6 Å². The number of pyridine rings is 1. The van der Waals surface area contributed by atoms with Gasteiger partial charge in [0.1, 0.15) is 5.69 Å². The fourth-order valence-corrected chi connectivity index (χ4v) is 1.80. The molecule has 0 aliphatic heterocycles. The van der Waals surface area contributed by atoms with E-state index in [1.807, 2.05) is 6.92 Å². The Bertz CT molecular complexity index is 452. The summed E-state index contributed by atoms with van der Waals surface area (Å²) >= 11 is 0. The molecule has 1 aliphatic carbocycles. The molecule has 0 saturated heterocycles. The van der Waals surface area contributed by atoms with Gasteiger partial charge in [-0.2, -0.15) is 0 Å². The number of nitrogens with zero attached hydrogens (tertiary/aromatic N) is 2. The second-order valence-electron chi connectivity index (χ2n) is 4.52. The third kappa shape index (κ3) is 2.85. The first-order valence-electron chi connectivity index (χ1n) is 6.10. The highest BCUT2D eigenvalue weighted by Crippen LogP contribution is 2.30. The van der Waals surface area contributed by atoms with Gasteiger partial charge in [0.15, 0.2) is 0 Å². The van der Waals surface area contributed by atoms with E-state index in [1.54, 1.807) is 4.90 Å². The summed E-state index contributed by atoms with van der Waals surface area (Å²) in [7, 11) is 0. The number of amides is 1. The number of rotatable bonds is 5. The van der Waals surface area contributed by atoms with Crippen LogP contribution in [0.5, 0.6) is 0 Å². The Hall–Kier alpha value is -1.91. The summed E-state index contributed by atoms with van der Waals surface area (Å²) in [5.41, 5.74) is 0.402. The average molecular weight is 248 g/mol. The maximum absolute atomic E-state index is 12.2. The number of aromatic nitrogens is 1. The topological polar surface area (TPSA) is 70.5 Å². The molecule has 5 heteroatoms. The zero-order valence-corrected chi connectivity index (χ0v) is 10.3. The van der Waals surface area contributed by atoms with Crippen molar-refractivity contribution in [2.24, 2.45) is 5.92 Å². The molecule has 1 aromatic rings. The molecule has 1 N–H and O–H groups in total. The van der Waals surface area contributed by atoms with Crippen molar-refractivity contribution in [1.82, 2.24) is 9.88 Å². The minimum absolute atomic E-state index is 0.0446. The third-order valence-electron chi connectivity index (χ3n) is 3.07. The Labute approximate surface area is 105 Å². The number of carbonyl (C=O) groups is 2. The highest BCUT2D eigenvalue weighted by molar-refractivity contribution is 5.94. The molecule has 1 aromatic heterocycles. The molecule has 0 radical (unpaired) electrons. The number of carboxylic acid groups (broad SMARTS) is 1. The normalized spacial score (nSPS) is 14.3. The van der Waals surface area contributed by atoms with Crippen LogP contribution in [0.4, 0.5) is 0 Å². The van der Waals surface area contributed by atoms with E-state index in [0.29, 0.717) is 18.0 Å². The maximum Gasteiger partial charge on any atom is 0.354 e. The summed E-state index contributed by atoms with van der Waals surface area (Å²) < 4.78 is 0. The van der Waals surface area contributed by atoms with Gasteiger partial charge >= 0.3 is 5.97 Å². The van der Waals surface area contributed by atoms with Gasteiger partial charge < -0.3 is 10.0 Å². The summed E-state index contributed by atoms with van der Waals surface area (Å²) in [6.45, 7) is 3.39. The summed E-state index contributed by atoms with van der Waals surface area (Å²) in [6.07, 6.45) is 3.72. The largest absolute Gasteiger partial charge is 0.477 e. The zero-order chi connectivity index (χ0) is 13.1. The van der Waals surface area contributed by atoms with Crippen molar-refractivity contribution >= 4 is 11.9 Å². The van der Waals surface area contributed by atoms with E-state index in [0.717, 1.165) is 6.54 Å². The number of hydrogen-bond acceptors (Lipinski definition) is 3. The quantitative estimate of drug-likeness (QED) is 0.860. The highest BCUT2D eigenvalue weighted by atomic mass is 16.4. The van der Waals surface area contributed by atoms with Crippen LogP contribution in [0.15, 0.2) is 18.3 Å². The van der Waals surface area contributed by atoms with Crippen molar-refractivity contribution in [3.63, 3.8) is 0 Å². The molecule has 2 rings (SSSR count). The van der Waals surface area contributed by atoms with Crippen LogP contribution in [-0.2, 0) is 0 Å². The molecule has 0 spiro atoms. The van der Waals surface area contributed by atoms with Gasteiger partial charge in [0, 0.05) is 19.3 Å². The Morgan fingerprint density at radius 2 is 2.17 bits per heavy atom. The molecular weight excluding hydrogens is 232 g/mol. The second kappa shape index (κ2) is 5.16. The Morgan fingerprint density at radius 3 is 2.61 bits per heavy atom. The number of hydrogen-bond donors (Lipinski definition) is 1. The lowest BCUT2D eigenvalue weighted by Gasteiger charge is -2.20. The van der Waals surface area contributed by atoms with Crippen LogP contribution in [0.2, 0.25) is 0 Å². The van der Waals surface area contributed by atoms with Crippen LogP contribution in [0, 0.1) is 5.92 Å².